The minimum atomic E-state index is -0.324. The molecule has 3 heteroatoms. The van der Waals surface area contributed by atoms with Crippen molar-refractivity contribution in [3.63, 3.8) is 0 Å². The van der Waals surface area contributed by atoms with Crippen molar-refractivity contribution in [2.24, 2.45) is 21.7 Å². The predicted octanol–water partition coefficient (Wildman–Crippen LogP) is 2.55. The maximum Gasteiger partial charge on any atom is 0.159 e. The zero-order valence-electron chi connectivity index (χ0n) is 10.8. The smallest absolute Gasteiger partial charge is 0.159 e. The molecule has 1 aliphatic heterocycles. The molecule has 1 unspecified atom stereocenters. The summed E-state index contributed by atoms with van der Waals surface area (Å²) in [6, 6.07) is 0. The number of nitrogens with zero attached hydrogens (tertiary/aromatic N) is 1. The van der Waals surface area contributed by atoms with E-state index in [1.54, 1.807) is 0 Å². The molecule has 88 valence electrons. The number of hydrogen-bond donors (Lipinski definition) is 1. The van der Waals surface area contributed by atoms with Crippen LogP contribution in [0, 0.1) is 10.8 Å². The Kier molecular flexibility index (Phi) is 2.90. The highest BCUT2D eigenvalue weighted by Crippen LogP contribution is 2.42. The van der Waals surface area contributed by atoms with Gasteiger partial charge in [-0.2, -0.15) is 0 Å². The maximum absolute atomic E-state index is 5.86. The van der Waals surface area contributed by atoms with Gasteiger partial charge in [0, 0.05) is 23.8 Å². The monoisotopic (exact) mass is 212 g/mol. The second-order valence-corrected chi connectivity index (χ2v) is 6.50. The van der Waals surface area contributed by atoms with E-state index in [4.69, 9.17) is 10.6 Å². The molecule has 0 aromatic rings. The molecular formula is C12H24N2O. The highest BCUT2D eigenvalue weighted by atomic mass is 16.7. The SMILES string of the molecule is CC(C)(C)C1=NOC(CN)(C(C)(C)C)C1. The van der Waals surface area contributed by atoms with E-state index >= 15 is 0 Å². The van der Waals surface area contributed by atoms with Gasteiger partial charge in [-0.15, -0.1) is 0 Å². The largest absolute Gasteiger partial charge is 0.387 e. The minimum absolute atomic E-state index is 0.0122. The van der Waals surface area contributed by atoms with Crippen LogP contribution in [0.25, 0.3) is 0 Å². The Labute approximate surface area is 93.1 Å². The molecule has 1 heterocycles. The average molecular weight is 212 g/mol. The van der Waals surface area contributed by atoms with Crippen molar-refractivity contribution in [1.29, 1.82) is 0 Å². The van der Waals surface area contributed by atoms with Gasteiger partial charge in [-0.25, -0.2) is 0 Å². The van der Waals surface area contributed by atoms with Crippen molar-refractivity contribution in [3.8, 4) is 0 Å². The number of oxime groups is 1. The van der Waals surface area contributed by atoms with E-state index in [2.05, 4.69) is 46.7 Å². The summed E-state index contributed by atoms with van der Waals surface area (Å²) in [7, 11) is 0. The highest BCUT2D eigenvalue weighted by molar-refractivity contribution is 5.90. The Balaban J connectivity index is 2.89. The third kappa shape index (κ3) is 2.17. The summed E-state index contributed by atoms with van der Waals surface area (Å²) in [5.41, 5.74) is 6.74. The second-order valence-electron chi connectivity index (χ2n) is 6.50. The fourth-order valence-corrected chi connectivity index (χ4v) is 1.70. The molecule has 2 N–H and O–H groups in total. The summed E-state index contributed by atoms with van der Waals surface area (Å²) >= 11 is 0. The van der Waals surface area contributed by atoms with E-state index in [-0.39, 0.29) is 16.4 Å². The van der Waals surface area contributed by atoms with E-state index in [0.29, 0.717) is 6.54 Å². The molecule has 1 rings (SSSR count). The van der Waals surface area contributed by atoms with Gasteiger partial charge in [0.25, 0.3) is 0 Å². The summed E-state index contributed by atoms with van der Waals surface area (Å²) in [5.74, 6) is 0. The van der Waals surface area contributed by atoms with Gasteiger partial charge in [-0.3, -0.25) is 0 Å². The summed E-state index contributed by atoms with van der Waals surface area (Å²) in [4.78, 5) is 5.66. The van der Waals surface area contributed by atoms with Gasteiger partial charge in [-0.1, -0.05) is 46.7 Å². The van der Waals surface area contributed by atoms with Gasteiger partial charge in [0.05, 0.1) is 5.71 Å². The maximum atomic E-state index is 5.86. The highest BCUT2D eigenvalue weighted by Gasteiger charge is 2.49. The fourth-order valence-electron chi connectivity index (χ4n) is 1.70. The molecule has 0 amide bonds. The van der Waals surface area contributed by atoms with Crippen LogP contribution in [0.1, 0.15) is 48.0 Å². The number of nitrogens with two attached hydrogens (primary N) is 1. The van der Waals surface area contributed by atoms with Crippen molar-refractivity contribution in [2.75, 3.05) is 6.54 Å². The van der Waals surface area contributed by atoms with Gasteiger partial charge in [0.2, 0.25) is 0 Å². The van der Waals surface area contributed by atoms with Crippen molar-refractivity contribution in [3.05, 3.63) is 0 Å². The van der Waals surface area contributed by atoms with Crippen molar-refractivity contribution >= 4 is 5.71 Å². The topological polar surface area (TPSA) is 47.6 Å². The van der Waals surface area contributed by atoms with E-state index in [0.717, 1.165) is 12.1 Å². The van der Waals surface area contributed by atoms with Crippen LogP contribution >= 0.6 is 0 Å². The van der Waals surface area contributed by atoms with Gasteiger partial charge in [0.15, 0.2) is 5.60 Å². The van der Waals surface area contributed by atoms with Gasteiger partial charge in [-0.05, 0) is 0 Å². The van der Waals surface area contributed by atoms with Crippen LogP contribution in [-0.2, 0) is 4.84 Å². The van der Waals surface area contributed by atoms with E-state index in [1.165, 1.54) is 0 Å². The zero-order valence-corrected chi connectivity index (χ0v) is 10.8. The normalized spacial score (nSPS) is 27.5. The molecule has 0 aromatic carbocycles. The Morgan fingerprint density at radius 2 is 1.80 bits per heavy atom. The van der Waals surface area contributed by atoms with Crippen molar-refractivity contribution < 1.29 is 4.84 Å². The standard InChI is InChI=1S/C12H24N2O/c1-10(2,3)9-7-12(8-13,15-14-9)11(4,5)6/h7-8,13H2,1-6H3. The molecule has 0 spiro atoms. The number of hydrogen-bond acceptors (Lipinski definition) is 3. The molecule has 0 saturated heterocycles. The first kappa shape index (κ1) is 12.5. The Morgan fingerprint density at radius 1 is 1.27 bits per heavy atom. The lowest BCUT2D eigenvalue weighted by molar-refractivity contribution is -0.0879. The van der Waals surface area contributed by atoms with Gasteiger partial charge in [0.1, 0.15) is 0 Å². The zero-order chi connectivity index (χ0) is 11.9. The molecule has 0 radical (unpaired) electrons. The molecule has 15 heavy (non-hydrogen) atoms. The molecule has 1 aliphatic rings. The van der Waals surface area contributed by atoms with E-state index < -0.39 is 0 Å². The third-order valence-corrected chi connectivity index (χ3v) is 3.35. The van der Waals surface area contributed by atoms with Crippen LogP contribution in [0.15, 0.2) is 5.16 Å². The molecule has 0 aliphatic carbocycles. The molecule has 0 aromatic heterocycles. The molecule has 0 fully saturated rings. The molecule has 0 bridgehead atoms. The summed E-state index contributed by atoms with van der Waals surface area (Å²) in [6.07, 6.45) is 0.844. The first-order chi connectivity index (χ1) is 6.62. The van der Waals surface area contributed by atoms with Crippen LogP contribution < -0.4 is 5.73 Å². The Bertz CT molecular complexity index is 270. The lowest BCUT2D eigenvalue weighted by Gasteiger charge is -2.38. The van der Waals surface area contributed by atoms with Crippen LogP contribution in [0.2, 0.25) is 0 Å². The number of rotatable bonds is 1. The van der Waals surface area contributed by atoms with Crippen LogP contribution in [0.4, 0.5) is 0 Å². The summed E-state index contributed by atoms with van der Waals surface area (Å²) in [6.45, 7) is 13.4. The van der Waals surface area contributed by atoms with E-state index in [9.17, 15) is 0 Å². The second kappa shape index (κ2) is 3.48. The third-order valence-electron chi connectivity index (χ3n) is 3.35. The average Bonchev–Trinajstić information content (AvgIpc) is 2.46. The van der Waals surface area contributed by atoms with Crippen LogP contribution in [-0.4, -0.2) is 17.9 Å². The van der Waals surface area contributed by atoms with Crippen molar-refractivity contribution in [1.82, 2.24) is 0 Å². The lowest BCUT2D eigenvalue weighted by Crippen LogP contribution is -2.49. The molecular weight excluding hydrogens is 188 g/mol. The van der Waals surface area contributed by atoms with Crippen LogP contribution in [0.5, 0.6) is 0 Å². The Morgan fingerprint density at radius 3 is 2.00 bits per heavy atom. The van der Waals surface area contributed by atoms with Gasteiger partial charge >= 0.3 is 0 Å². The molecule has 3 nitrogen and oxygen atoms in total. The first-order valence-electron chi connectivity index (χ1n) is 5.58. The van der Waals surface area contributed by atoms with Gasteiger partial charge < -0.3 is 10.6 Å². The predicted molar refractivity (Wildman–Crippen MR) is 63.8 cm³/mol. The van der Waals surface area contributed by atoms with Crippen molar-refractivity contribution in [2.45, 2.75) is 53.6 Å². The molecule has 1 atom stereocenters. The fraction of sp³-hybridized carbons (Fsp3) is 0.917. The lowest BCUT2D eigenvalue weighted by atomic mass is 9.71. The van der Waals surface area contributed by atoms with E-state index in [1.807, 2.05) is 0 Å². The quantitative estimate of drug-likeness (QED) is 0.726. The molecule has 0 saturated carbocycles. The minimum Gasteiger partial charge on any atom is -0.387 e. The summed E-state index contributed by atoms with van der Waals surface area (Å²) < 4.78 is 0. The summed E-state index contributed by atoms with van der Waals surface area (Å²) in [5, 5.41) is 4.23. The van der Waals surface area contributed by atoms with Crippen LogP contribution in [0.3, 0.4) is 0 Å². The first-order valence-corrected chi connectivity index (χ1v) is 5.58. The Hall–Kier alpha value is -0.570.